The van der Waals surface area contributed by atoms with Crippen LogP contribution in [-0.2, 0) is 33.5 Å². The van der Waals surface area contributed by atoms with Crippen molar-refractivity contribution in [2.24, 2.45) is 5.92 Å². The van der Waals surface area contributed by atoms with Crippen LogP contribution in [-0.4, -0.2) is 65.5 Å². The van der Waals surface area contributed by atoms with Crippen LogP contribution in [0.2, 0.25) is 0 Å². The van der Waals surface area contributed by atoms with Crippen molar-refractivity contribution in [3.05, 3.63) is 0 Å². The minimum atomic E-state index is -4.51. The van der Waals surface area contributed by atoms with E-state index in [-0.39, 0.29) is 18.6 Å². The molecule has 0 unspecified atom stereocenters. The standard InChI is InChI=1S/C10H20O8S/c1-6-7(5-17-19(11,12)13)18-10(16-4)9(15-3)8(6)14-2/h6-10H,5H2,1-4H3,(H,11,12,13)/t6-,7-,8-,9+,10+/m0/s1. The topological polar surface area (TPSA) is 101 Å². The quantitative estimate of drug-likeness (QED) is 0.676. The molecule has 1 saturated heterocycles. The zero-order valence-electron chi connectivity index (χ0n) is 11.3. The van der Waals surface area contributed by atoms with Crippen molar-refractivity contribution >= 4 is 10.4 Å². The molecule has 0 radical (unpaired) electrons. The lowest BCUT2D eigenvalue weighted by molar-refractivity contribution is -0.288. The maximum Gasteiger partial charge on any atom is 0.397 e. The fourth-order valence-corrected chi connectivity index (χ4v) is 2.47. The van der Waals surface area contributed by atoms with E-state index in [1.807, 2.05) is 6.92 Å². The Hall–Kier alpha value is -0.290. The molecule has 0 bridgehead atoms. The Labute approximate surface area is 112 Å². The average Bonchev–Trinajstić information content (AvgIpc) is 2.35. The lowest BCUT2D eigenvalue weighted by Crippen LogP contribution is -2.56. The summed E-state index contributed by atoms with van der Waals surface area (Å²) in [6, 6.07) is 0. The minimum Gasteiger partial charge on any atom is -0.378 e. The van der Waals surface area contributed by atoms with Gasteiger partial charge in [0.05, 0.1) is 18.8 Å². The second-order valence-corrected chi connectivity index (χ2v) is 5.34. The maximum atomic E-state index is 10.6. The Morgan fingerprint density at radius 3 is 2.11 bits per heavy atom. The normalized spacial score (nSPS) is 36.4. The summed E-state index contributed by atoms with van der Waals surface area (Å²) in [7, 11) is -0.0353. The molecule has 5 atom stereocenters. The van der Waals surface area contributed by atoms with Gasteiger partial charge in [-0.2, -0.15) is 8.42 Å². The number of hydrogen-bond acceptors (Lipinski definition) is 7. The predicted molar refractivity (Wildman–Crippen MR) is 63.9 cm³/mol. The Bertz CT molecular complexity index is 370. The Morgan fingerprint density at radius 1 is 1.11 bits per heavy atom. The average molecular weight is 300 g/mol. The van der Waals surface area contributed by atoms with Crippen molar-refractivity contribution in [2.45, 2.75) is 31.5 Å². The SMILES string of the molecule is CO[C@@H]1O[C@@H](COS(=O)(=O)O)[C@H](C)[C@H](OC)[C@H]1OC. The van der Waals surface area contributed by atoms with Crippen LogP contribution in [0, 0.1) is 5.92 Å². The molecule has 0 saturated carbocycles. The summed E-state index contributed by atoms with van der Waals surface area (Å²) < 4.78 is 55.4. The molecule has 19 heavy (non-hydrogen) atoms. The van der Waals surface area contributed by atoms with Crippen molar-refractivity contribution in [3.8, 4) is 0 Å². The number of hydrogen-bond donors (Lipinski definition) is 1. The van der Waals surface area contributed by atoms with E-state index in [1.165, 1.54) is 21.3 Å². The van der Waals surface area contributed by atoms with Crippen LogP contribution in [0.4, 0.5) is 0 Å². The van der Waals surface area contributed by atoms with Gasteiger partial charge in [-0.15, -0.1) is 0 Å². The summed E-state index contributed by atoms with van der Waals surface area (Å²) in [5.41, 5.74) is 0. The van der Waals surface area contributed by atoms with Gasteiger partial charge in [-0.1, -0.05) is 6.92 Å². The summed E-state index contributed by atoms with van der Waals surface area (Å²) in [6.07, 6.45) is -2.10. The lowest BCUT2D eigenvalue weighted by atomic mass is 9.90. The number of methoxy groups -OCH3 is 3. The molecule has 0 spiro atoms. The van der Waals surface area contributed by atoms with Gasteiger partial charge >= 0.3 is 10.4 Å². The molecule has 1 rings (SSSR count). The van der Waals surface area contributed by atoms with E-state index >= 15 is 0 Å². The van der Waals surface area contributed by atoms with Gasteiger partial charge in [0.25, 0.3) is 0 Å². The first-order chi connectivity index (χ1) is 8.84. The van der Waals surface area contributed by atoms with Gasteiger partial charge in [0.15, 0.2) is 6.29 Å². The van der Waals surface area contributed by atoms with Gasteiger partial charge in [0, 0.05) is 27.2 Å². The molecular formula is C10H20O8S. The highest BCUT2D eigenvalue weighted by Gasteiger charge is 2.45. The predicted octanol–water partition coefficient (Wildman–Crippen LogP) is -0.157. The van der Waals surface area contributed by atoms with Crippen molar-refractivity contribution < 1.29 is 36.1 Å². The minimum absolute atomic E-state index is 0.205. The fraction of sp³-hybridized carbons (Fsp3) is 1.00. The summed E-state index contributed by atoms with van der Waals surface area (Å²) in [5, 5.41) is 0. The highest BCUT2D eigenvalue weighted by atomic mass is 32.3. The Balaban J connectivity index is 2.78. The molecule has 8 nitrogen and oxygen atoms in total. The zero-order chi connectivity index (χ0) is 14.6. The molecule has 1 aliphatic heterocycles. The molecule has 0 aromatic carbocycles. The molecule has 1 N–H and O–H groups in total. The van der Waals surface area contributed by atoms with Gasteiger partial charge in [-0.25, -0.2) is 4.18 Å². The van der Waals surface area contributed by atoms with E-state index in [0.717, 1.165) is 0 Å². The monoisotopic (exact) mass is 300 g/mol. The second kappa shape index (κ2) is 6.93. The Kier molecular flexibility index (Phi) is 6.12. The highest BCUT2D eigenvalue weighted by Crippen LogP contribution is 2.30. The number of ether oxygens (including phenoxy) is 4. The summed E-state index contributed by atoms with van der Waals surface area (Å²) in [5.74, 6) is -0.205. The van der Waals surface area contributed by atoms with Crippen LogP contribution in [0.3, 0.4) is 0 Å². The molecule has 0 aromatic rings. The molecule has 9 heteroatoms. The maximum absolute atomic E-state index is 10.6. The molecule has 1 heterocycles. The molecule has 114 valence electrons. The van der Waals surface area contributed by atoms with E-state index < -0.39 is 28.9 Å². The Morgan fingerprint density at radius 2 is 1.68 bits per heavy atom. The third-order valence-corrected chi connectivity index (χ3v) is 3.60. The summed E-state index contributed by atoms with van der Waals surface area (Å²) in [4.78, 5) is 0. The third kappa shape index (κ3) is 4.35. The first kappa shape index (κ1) is 16.8. The van der Waals surface area contributed by atoms with Gasteiger partial charge in [-0.3, -0.25) is 4.55 Å². The van der Waals surface area contributed by atoms with Crippen LogP contribution >= 0.6 is 0 Å². The van der Waals surface area contributed by atoms with E-state index in [0.29, 0.717) is 0 Å². The first-order valence-electron chi connectivity index (χ1n) is 5.69. The molecule has 0 aliphatic carbocycles. The van der Waals surface area contributed by atoms with Crippen molar-refractivity contribution in [2.75, 3.05) is 27.9 Å². The van der Waals surface area contributed by atoms with Gasteiger partial charge in [-0.05, 0) is 0 Å². The first-order valence-corrected chi connectivity index (χ1v) is 7.06. The van der Waals surface area contributed by atoms with Gasteiger partial charge in [0.1, 0.15) is 6.10 Å². The summed E-state index contributed by atoms with van der Waals surface area (Å²) >= 11 is 0. The van der Waals surface area contributed by atoms with Crippen LogP contribution in [0.5, 0.6) is 0 Å². The van der Waals surface area contributed by atoms with E-state index in [2.05, 4.69) is 4.18 Å². The molecule has 1 fully saturated rings. The molecule has 0 aromatic heterocycles. The number of rotatable bonds is 6. The third-order valence-electron chi connectivity index (χ3n) is 3.16. The lowest BCUT2D eigenvalue weighted by Gasteiger charge is -2.43. The van der Waals surface area contributed by atoms with E-state index in [1.54, 1.807) is 0 Å². The second-order valence-electron chi connectivity index (χ2n) is 4.25. The smallest absolute Gasteiger partial charge is 0.378 e. The van der Waals surface area contributed by atoms with Crippen molar-refractivity contribution in [3.63, 3.8) is 0 Å². The van der Waals surface area contributed by atoms with E-state index in [4.69, 9.17) is 23.5 Å². The van der Waals surface area contributed by atoms with E-state index in [9.17, 15) is 8.42 Å². The molecular weight excluding hydrogens is 280 g/mol. The highest BCUT2D eigenvalue weighted by molar-refractivity contribution is 7.80. The van der Waals surface area contributed by atoms with Crippen LogP contribution in [0.25, 0.3) is 0 Å². The largest absolute Gasteiger partial charge is 0.397 e. The van der Waals surface area contributed by atoms with Crippen LogP contribution < -0.4 is 0 Å². The zero-order valence-corrected chi connectivity index (χ0v) is 12.1. The van der Waals surface area contributed by atoms with Crippen LogP contribution in [0.15, 0.2) is 0 Å². The van der Waals surface area contributed by atoms with Gasteiger partial charge < -0.3 is 18.9 Å². The fourth-order valence-electron chi connectivity index (χ4n) is 2.17. The molecule has 0 amide bonds. The summed E-state index contributed by atoms with van der Waals surface area (Å²) in [6.45, 7) is 1.49. The van der Waals surface area contributed by atoms with Gasteiger partial charge in [0.2, 0.25) is 0 Å². The van der Waals surface area contributed by atoms with Crippen LogP contribution in [0.1, 0.15) is 6.92 Å². The van der Waals surface area contributed by atoms with Crippen molar-refractivity contribution in [1.82, 2.24) is 0 Å². The molecule has 1 aliphatic rings. The van der Waals surface area contributed by atoms with Crippen molar-refractivity contribution in [1.29, 1.82) is 0 Å².